The Morgan fingerprint density at radius 1 is 1.11 bits per heavy atom. The molecule has 0 spiro atoms. The third-order valence-electron chi connectivity index (χ3n) is 4.09. The number of hydrogen-bond donors (Lipinski definition) is 1. The summed E-state index contributed by atoms with van der Waals surface area (Å²) in [5, 5.41) is 3.65. The summed E-state index contributed by atoms with van der Waals surface area (Å²) in [5.41, 5.74) is 0.868. The van der Waals surface area contributed by atoms with Crippen molar-refractivity contribution in [3.05, 3.63) is 64.1 Å². The number of carbonyl (C=O) groups is 2. The van der Waals surface area contributed by atoms with Crippen molar-refractivity contribution in [3.63, 3.8) is 0 Å². The van der Waals surface area contributed by atoms with Gasteiger partial charge in [-0.2, -0.15) is 0 Å². The van der Waals surface area contributed by atoms with Crippen molar-refractivity contribution in [2.45, 2.75) is 25.9 Å². The molecule has 7 heteroatoms. The zero-order valence-corrected chi connectivity index (χ0v) is 16.8. The zero-order chi connectivity index (χ0) is 19.8. The van der Waals surface area contributed by atoms with Gasteiger partial charge in [-0.25, -0.2) is 0 Å². The lowest BCUT2D eigenvalue weighted by atomic mass is 10.1. The van der Waals surface area contributed by atoms with Crippen LogP contribution in [0.1, 0.15) is 18.9 Å². The smallest absolute Gasteiger partial charge is 0.261 e. The van der Waals surface area contributed by atoms with Crippen molar-refractivity contribution in [1.82, 2.24) is 10.2 Å². The van der Waals surface area contributed by atoms with Gasteiger partial charge in [0.15, 0.2) is 6.61 Å². The molecule has 0 heterocycles. The van der Waals surface area contributed by atoms with Gasteiger partial charge >= 0.3 is 0 Å². The maximum atomic E-state index is 12.9. The Morgan fingerprint density at radius 3 is 2.37 bits per heavy atom. The molecule has 0 aliphatic heterocycles. The number of carbonyl (C=O) groups excluding carboxylic acids is 2. The van der Waals surface area contributed by atoms with Crippen LogP contribution in [-0.4, -0.2) is 36.4 Å². The van der Waals surface area contributed by atoms with Crippen LogP contribution in [0.25, 0.3) is 0 Å². The molecule has 1 N–H and O–H groups in total. The Labute approximate surface area is 169 Å². The number of para-hydroxylation sites is 1. The number of likely N-dealkylation sites (N-methyl/N-ethyl adjacent to an activating group) is 1. The van der Waals surface area contributed by atoms with E-state index in [0.717, 1.165) is 5.56 Å². The third-order valence-corrected chi connectivity index (χ3v) is 4.65. The predicted molar refractivity (Wildman–Crippen MR) is 107 cm³/mol. The molecule has 0 bridgehead atoms. The van der Waals surface area contributed by atoms with Gasteiger partial charge in [0.05, 0.1) is 5.02 Å². The van der Waals surface area contributed by atoms with E-state index in [-0.39, 0.29) is 25.0 Å². The number of ether oxygens (including phenoxy) is 1. The maximum absolute atomic E-state index is 12.9. The van der Waals surface area contributed by atoms with Crippen LogP contribution in [0.15, 0.2) is 48.5 Å². The molecule has 0 saturated carbocycles. The van der Waals surface area contributed by atoms with E-state index in [1.54, 1.807) is 43.4 Å². The Balaban J connectivity index is 2.19. The average Bonchev–Trinajstić information content (AvgIpc) is 2.68. The molecule has 27 heavy (non-hydrogen) atoms. The lowest BCUT2D eigenvalue weighted by Gasteiger charge is -2.30. The highest BCUT2D eigenvalue weighted by atomic mass is 35.5. The van der Waals surface area contributed by atoms with Gasteiger partial charge in [0.2, 0.25) is 5.91 Å². The summed E-state index contributed by atoms with van der Waals surface area (Å²) in [5.74, 6) is -0.107. The molecular formula is C20H22Cl2N2O3. The minimum atomic E-state index is -0.604. The molecule has 0 fully saturated rings. The van der Waals surface area contributed by atoms with Crippen molar-refractivity contribution in [3.8, 4) is 5.75 Å². The molecule has 2 aromatic rings. The summed E-state index contributed by atoms with van der Waals surface area (Å²) in [6.45, 7) is 1.91. The first kappa shape index (κ1) is 21.1. The second-order valence-electron chi connectivity index (χ2n) is 5.91. The summed E-state index contributed by atoms with van der Waals surface area (Å²) in [4.78, 5) is 26.7. The van der Waals surface area contributed by atoms with E-state index in [4.69, 9.17) is 27.9 Å². The summed E-state index contributed by atoms with van der Waals surface area (Å²) < 4.78 is 5.57. The molecule has 0 aliphatic rings. The summed E-state index contributed by atoms with van der Waals surface area (Å²) in [7, 11) is 1.55. The lowest BCUT2D eigenvalue weighted by molar-refractivity contribution is -0.142. The first-order valence-corrected chi connectivity index (χ1v) is 9.34. The van der Waals surface area contributed by atoms with E-state index in [2.05, 4.69) is 5.32 Å². The van der Waals surface area contributed by atoms with Crippen LogP contribution in [0.2, 0.25) is 10.0 Å². The summed E-state index contributed by atoms with van der Waals surface area (Å²) >= 11 is 12.0. The Hall–Kier alpha value is -2.24. The molecule has 0 radical (unpaired) electrons. The van der Waals surface area contributed by atoms with Crippen LogP contribution >= 0.6 is 23.2 Å². The van der Waals surface area contributed by atoms with Gasteiger partial charge in [0.1, 0.15) is 11.8 Å². The highest BCUT2D eigenvalue weighted by Crippen LogP contribution is 2.23. The van der Waals surface area contributed by atoms with Gasteiger partial charge in [0.25, 0.3) is 5.91 Å². The van der Waals surface area contributed by atoms with Crippen molar-refractivity contribution in [1.29, 1.82) is 0 Å². The van der Waals surface area contributed by atoms with E-state index in [9.17, 15) is 9.59 Å². The maximum Gasteiger partial charge on any atom is 0.261 e. The number of halogens is 2. The summed E-state index contributed by atoms with van der Waals surface area (Å²) in [6.07, 6.45) is 0.477. The molecule has 2 aromatic carbocycles. The molecule has 0 saturated heterocycles. The number of benzene rings is 2. The molecule has 2 amide bonds. The Morgan fingerprint density at radius 2 is 1.78 bits per heavy atom. The standard InChI is InChI=1S/C20H22Cl2N2O3/c1-3-17(20(26)23-2)24(12-14-8-10-15(21)11-9-14)19(25)13-27-18-7-5-4-6-16(18)22/h4-11,17H,3,12-13H2,1-2H3,(H,23,26)/t17-/m1/s1. The number of nitrogens with one attached hydrogen (secondary N) is 1. The zero-order valence-electron chi connectivity index (χ0n) is 15.2. The van der Waals surface area contributed by atoms with Crippen LogP contribution in [0.4, 0.5) is 0 Å². The second kappa shape index (κ2) is 10.2. The fourth-order valence-corrected chi connectivity index (χ4v) is 2.97. The van der Waals surface area contributed by atoms with Crippen LogP contribution in [0, 0.1) is 0 Å². The van der Waals surface area contributed by atoms with E-state index < -0.39 is 6.04 Å². The molecule has 5 nitrogen and oxygen atoms in total. The van der Waals surface area contributed by atoms with E-state index in [1.807, 2.05) is 19.1 Å². The minimum absolute atomic E-state index is 0.217. The molecule has 0 unspecified atom stereocenters. The van der Waals surface area contributed by atoms with Gasteiger partial charge in [-0.05, 0) is 36.2 Å². The van der Waals surface area contributed by atoms with E-state index in [1.165, 1.54) is 4.90 Å². The number of rotatable bonds is 8. The number of hydrogen-bond acceptors (Lipinski definition) is 3. The molecular weight excluding hydrogens is 387 g/mol. The molecule has 2 rings (SSSR count). The quantitative estimate of drug-likeness (QED) is 0.719. The molecule has 0 aromatic heterocycles. The van der Waals surface area contributed by atoms with Crippen LogP contribution < -0.4 is 10.1 Å². The topological polar surface area (TPSA) is 58.6 Å². The minimum Gasteiger partial charge on any atom is -0.482 e. The van der Waals surface area contributed by atoms with Gasteiger partial charge < -0.3 is 15.0 Å². The SMILES string of the molecule is CC[C@H](C(=O)NC)N(Cc1ccc(Cl)cc1)C(=O)COc1ccccc1Cl. The highest BCUT2D eigenvalue weighted by Gasteiger charge is 2.28. The average molecular weight is 409 g/mol. The number of amides is 2. The van der Waals surface area contributed by atoms with Crippen LogP contribution in [0.3, 0.4) is 0 Å². The Kier molecular flexibility index (Phi) is 7.95. The van der Waals surface area contributed by atoms with E-state index >= 15 is 0 Å². The fraction of sp³-hybridized carbons (Fsp3) is 0.300. The normalized spacial score (nSPS) is 11.6. The summed E-state index contributed by atoms with van der Waals surface area (Å²) in [6, 6.07) is 13.5. The van der Waals surface area contributed by atoms with Crippen molar-refractivity contribution in [2.24, 2.45) is 0 Å². The lowest BCUT2D eigenvalue weighted by Crippen LogP contribution is -2.49. The van der Waals surface area contributed by atoms with E-state index in [0.29, 0.717) is 22.2 Å². The first-order valence-electron chi connectivity index (χ1n) is 8.59. The second-order valence-corrected chi connectivity index (χ2v) is 6.75. The third kappa shape index (κ3) is 5.88. The van der Waals surface area contributed by atoms with Gasteiger partial charge in [0, 0.05) is 18.6 Å². The highest BCUT2D eigenvalue weighted by molar-refractivity contribution is 6.32. The van der Waals surface area contributed by atoms with Gasteiger partial charge in [-0.3, -0.25) is 9.59 Å². The molecule has 144 valence electrons. The number of nitrogens with zero attached hydrogens (tertiary/aromatic N) is 1. The van der Waals surface area contributed by atoms with Gasteiger partial charge in [-0.1, -0.05) is 54.4 Å². The molecule has 1 atom stereocenters. The first-order chi connectivity index (χ1) is 13.0. The van der Waals surface area contributed by atoms with Gasteiger partial charge in [-0.15, -0.1) is 0 Å². The van der Waals surface area contributed by atoms with Crippen LogP contribution in [0.5, 0.6) is 5.75 Å². The van der Waals surface area contributed by atoms with Crippen molar-refractivity contribution in [2.75, 3.05) is 13.7 Å². The fourth-order valence-electron chi connectivity index (χ4n) is 2.66. The largest absolute Gasteiger partial charge is 0.482 e. The van der Waals surface area contributed by atoms with Crippen LogP contribution in [-0.2, 0) is 16.1 Å². The predicted octanol–water partition coefficient (Wildman–Crippen LogP) is 3.93. The Bertz CT molecular complexity index is 781. The van der Waals surface area contributed by atoms with Crippen molar-refractivity contribution < 1.29 is 14.3 Å². The van der Waals surface area contributed by atoms with Crippen molar-refractivity contribution >= 4 is 35.0 Å². The molecule has 0 aliphatic carbocycles. The monoisotopic (exact) mass is 408 g/mol.